The molecule has 0 aromatic heterocycles. The van der Waals surface area contributed by atoms with Gasteiger partial charge < -0.3 is 9.47 Å². The molecule has 0 saturated carbocycles. The lowest BCUT2D eigenvalue weighted by Gasteiger charge is -2.20. The number of carbonyl (C=O) groups is 3. The summed E-state index contributed by atoms with van der Waals surface area (Å²) in [4.78, 5) is 40.7. The van der Waals surface area contributed by atoms with Crippen LogP contribution in [0, 0.1) is 0 Å². The minimum atomic E-state index is -3.79. The van der Waals surface area contributed by atoms with Gasteiger partial charge in [0, 0.05) is 26.3 Å². The van der Waals surface area contributed by atoms with Crippen LogP contribution in [0.2, 0.25) is 0 Å². The molecule has 0 heterocycles. The summed E-state index contributed by atoms with van der Waals surface area (Å²) in [5.41, 5.74) is 0.915. The molecule has 0 aliphatic heterocycles. The van der Waals surface area contributed by atoms with Crippen molar-refractivity contribution < 1.29 is 42.3 Å². The van der Waals surface area contributed by atoms with Crippen molar-refractivity contribution in [3.05, 3.63) is 35.9 Å². The van der Waals surface area contributed by atoms with Gasteiger partial charge in [-0.25, -0.2) is 5.06 Å². The average molecular weight is 487 g/mol. The van der Waals surface area contributed by atoms with Crippen LogP contribution in [0.1, 0.15) is 57.9 Å². The smallest absolute Gasteiger partial charge is 0.336 e. The Balaban J connectivity index is 2.50. The number of hydrogen-bond donors (Lipinski definition) is 0. The van der Waals surface area contributed by atoms with Crippen LogP contribution in [-0.4, -0.2) is 49.7 Å². The Bertz CT molecular complexity index is 744. The fourth-order valence-electron chi connectivity index (χ4n) is 2.46. The molecular weight excluding hydrogens is 453 g/mol. The van der Waals surface area contributed by atoms with Crippen molar-refractivity contribution in [3.63, 3.8) is 0 Å². The third kappa shape index (κ3) is 13.1. The summed E-state index contributed by atoms with van der Waals surface area (Å²) >= 11 is 0. The number of esters is 2. The molecule has 0 unspecified atom stereocenters. The molecule has 0 fully saturated rings. The van der Waals surface area contributed by atoms with E-state index in [1.54, 1.807) is 0 Å². The zero-order valence-electron chi connectivity index (χ0n) is 19.5. The highest BCUT2D eigenvalue weighted by Crippen LogP contribution is 2.49. The monoisotopic (exact) mass is 487 g/mol. The second-order valence-electron chi connectivity index (χ2n) is 7.11. The fourth-order valence-corrected chi connectivity index (χ4v) is 3.77. The molecule has 1 amide bonds. The van der Waals surface area contributed by atoms with Gasteiger partial charge in [-0.3, -0.25) is 32.8 Å². The zero-order chi connectivity index (χ0) is 24.5. The summed E-state index contributed by atoms with van der Waals surface area (Å²) in [5.74, 6) is -1.31. The average Bonchev–Trinajstić information content (AvgIpc) is 2.78. The molecule has 186 valence electrons. The van der Waals surface area contributed by atoms with Crippen molar-refractivity contribution in [3.8, 4) is 0 Å². The lowest BCUT2D eigenvalue weighted by Crippen LogP contribution is -2.26. The second-order valence-corrected chi connectivity index (χ2v) is 9.30. The Morgan fingerprint density at radius 3 is 1.94 bits per heavy atom. The molecule has 11 heteroatoms. The number of nitrogens with zero attached hydrogens (tertiary/aromatic N) is 1. The molecule has 0 N–H and O–H groups in total. The van der Waals surface area contributed by atoms with Gasteiger partial charge in [0.05, 0.1) is 6.16 Å². The second kappa shape index (κ2) is 16.4. The normalized spacial score (nSPS) is 11.1. The Hall–Kier alpha value is -2.26. The van der Waals surface area contributed by atoms with E-state index in [1.165, 1.54) is 7.05 Å². The third-order valence-electron chi connectivity index (χ3n) is 4.29. The molecule has 0 atom stereocenters. The summed E-state index contributed by atoms with van der Waals surface area (Å²) in [5, 5.41) is 1.12. The van der Waals surface area contributed by atoms with Gasteiger partial charge in [0.25, 0.3) is 0 Å². The van der Waals surface area contributed by atoms with Crippen LogP contribution >= 0.6 is 7.60 Å². The number of hydroxylamine groups is 2. The molecule has 1 rings (SSSR count). The Labute approximate surface area is 194 Å². The van der Waals surface area contributed by atoms with E-state index in [0.29, 0.717) is 12.8 Å². The summed E-state index contributed by atoms with van der Waals surface area (Å²) < 4.78 is 33.1. The highest BCUT2D eigenvalue weighted by atomic mass is 31.2. The maximum Gasteiger partial charge on any atom is 0.336 e. The molecule has 0 aliphatic rings. The third-order valence-corrected chi connectivity index (χ3v) is 6.15. The van der Waals surface area contributed by atoms with Crippen molar-refractivity contribution in [1.29, 1.82) is 0 Å². The van der Waals surface area contributed by atoms with Crippen LogP contribution < -0.4 is 0 Å². The molecule has 10 nitrogen and oxygen atoms in total. The molecular formula is C22H34NO9P. The van der Waals surface area contributed by atoms with Crippen molar-refractivity contribution in [2.45, 2.75) is 59.0 Å². The Morgan fingerprint density at radius 1 is 0.879 bits per heavy atom. The van der Waals surface area contributed by atoms with Gasteiger partial charge in [0.2, 0.25) is 19.5 Å². The largest absolute Gasteiger partial charge is 0.438 e. The first-order valence-electron chi connectivity index (χ1n) is 10.9. The summed E-state index contributed by atoms with van der Waals surface area (Å²) in [6.45, 7) is 2.75. The predicted octanol–water partition coefficient (Wildman–Crippen LogP) is 4.18. The minimum Gasteiger partial charge on any atom is -0.438 e. The van der Waals surface area contributed by atoms with Crippen LogP contribution in [0.25, 0.3) is 0 Å². The van der Waals surface area contributed by atoms with Gasteiger partial charge >= 0.3 is 19.5 Å². The fraction of sp³-hybridized carbons (Fsp3) is 0.591. The van der Waals surface area contributed by atoms with Gasteiger partial charge in [-0.1, -0.05) is 44.2 Å². The quantitative estimate of drug-likeness (QED) is 0.138. The van der Waals surface area contributed by atoms with Crippen LogP contribution in [0.15, 0.2) is 30.3 Å². The van der Waals surface area contributed by atoms with E-state index >= 15 is 0 Å². The first-order valence-corrected chi connectivity index (χ1v) is 12.6. The van der Waals surface area contributed by atoms with E-state index < -0.39 is 33.1 Å². The lowest BCUT2D eigenvalue weighted by atomic mass is 10.2. The van der Waals surface area contributed by atoms with Crippen LogP contribution in [0.4, 0.5) is 0 Å². The number of hydrogen-bond acceptors (Lipinski definition) is 9. The van der Waals surface area contributed by atoms with Crippen LogP contribution in [-0.2, 0) is 48.9 Å². The van der Waals surface area contributed by atoms with Gasteiger partial charge in [-0.2, -0.15) is 0 Å². The Morgan fingerprint density at radius 2 is 1.42 bits per heavy atom. The predicted molar refractivity (Wildman–Crippen MR) is 120 cm³/mol. The summed E-state index contributed by atoms with van der Waals surface area (Å²) in [7, 11) is -2.29. The van der Waals surface area contributed by atoms with E-state index in [0.717, 1.165) is 10.6 Å². The van der Waals surface area contributed by atoms with Crippen molar-refractivity contribution >= 4 is 25.4 Å². The SMILES string of the molecule is CCCC(=O)OCOP(=O)(CCCC(=O)N(C)OCc1ccccc1)OCOC(=O)CCC. The molecule has 0 bridgehead atoms. The number of rotatable bonds is 17. The summed E-state index contributed by atoms with van der Waals surface area (Å²) in [6.07, 6.45) is 1.64. The van der Waals surface area contributed by atoms with E-state index in [2.05, 4.69) is 0 Å². The van der Waals surface area contributed by atoms with E-state index in [-0.39, 0.29) is 44.4 Å². The van der Waals surface area contributed by atoms with Crippen LogP contribution in [0.5, 0.6) is 0 Å². The summed E-state index contributed by atoms with van der Waals surface area (Å²) in [6, 6.07) is 9.39. The van der Waals surface area contributed by atoms with E-state index in [1.807, 2.05) is 44.2 Å². The maximum atomic E-state index is 13.0. The molecule has 1 aromatic rings. The zero-order valence-corrected chi connectivity index (χ0v) is 20.4. The van der Waals surface area contributed by atoms with Gasteiger partial charge in [-0.05, 0) is 24.8 Å². The molecule has 0 saturated heterocycles. The first kappa shape index (κ1) is 28.8. The number of amides is 1. The molecule has 0 spiro atoms. The van der Waals surface area contributed by atoms with E-state index in [9.17, 15) is 18.9 Å². The molecule has 1 aromatic carbocycles. The minimum absolute atomic E-state index is 0.0211. The van der Waals surface area contributed by atoms with Gasteiger partial charge in [0.1, 0.15) is 6.61 Å². The lowest BCUT2D eigenvalue weighted by molar-refractivity contribution is -0.182. The topological polar surface area (TPSA) is 118 Å². The number of carbonyl (C=O) groups excluding carboxylic acids is 3. The standard InChI is InChI=1S/C22H34NO9P/c1-4-10-21(25)28-17-31-33(27,32-18-29-22(26)11-5-2)15-9-14-20(24)23(3)30-16-19-12-7-6-8-13-19/h6-8,12-13H,4-5,9-11,14-18H2,1-3H3. The van der Waals surface area contributed by atoms with Gasteiger partial charge in [0.15, 0.2) is 0 Å². The number of benzene rings is 1. The molecule has 0 radical (unpaired) electrons. The van der Waals surface area contributed by atoms with Crippen LogP contribution in [0.3, 0.4) is 0 Å². The van der Waals surface area contributed by atoms with Gasteiger partial charge in [-0.15, -0.1) is 0 Å². The van der Waals surface area contributed by atoms with E-state index in [4.69, 9.17) is 23.4 Å². The maximum absolute atomic E-state index is 13.0. The Kier molecular flexibility index (Phi) is 14.3. The van der Waals surface area contributed by atoms with Crippen molar-refractivity contribution in [2.24, 2.45) is 0 Å². The first-order chi connectivity index (χ1) is 15.8. The molecule has 0 aliphatic carbocycles. The van der Waals surface area contributed by atoms with Crippen molar-refractivity contribution in [1.82, 2.24) is 5.06 Å². The number of ether oxygens (including phenoxy) is 2. The highest BCUT2D eigenvalue weighted by Gasteiger charge is 2.27. The highest BCUT2D eigenvalue weighted by molar-refractivity contribution is 7.53. The molecule has 33 heavy (non-hydrogen) atoms. The van der Waals surface area contributed by atoms with Crippen molar-refractivity contribution in [2.75, 3.05) is 26.8 Å².